The number of hydrogen-bond acceptors (Lipinski definition) is 8. The van der Waals surface area contributed by atoms with Crippen molar-refractivity contribution in [1.29, 1.82) is 0 Å². The summed E-state index contributed by atoms with van der Waals surface area (Å²) < 4.78 is 52.7. The average Bonchev–Trinajstić information content (AvgIpc) is 3.47. The second-order valence-electron chi connectivity index (χ2n) is 8.21. The van der Waals surface area contributed by atoms with Gasteiger partial charge in [-0.3, -0.25) is 0 Å². The molecular weight excluding hydrogens is 489 g/mol. The van der Waals surface area contributed by atoms with Gasteiger partial charge in [-0.1, -0.05) is 24.3 Å². The monoisotopic (exact) mass is 510 g/mol. The number of nitrogens with zero attached hydrogens (tertiary/aromatic N) is 8. The van der Waals surface area contributed by atoms with Crippen molar-refractivity contribution >= 4 is 11.0 Å². The number of rotatable bonds is 6. The van der Waals surface area contributed by atoms with Crippen molar-refractivity contribution in [1.82, 2.24) is 39.3 Å². The van der Waals surface area contributed by atoms with E-state index in [1.807, 2.05) is 12.1 Å². The van der Waals surface area contributed by atoms with E-state index in [2.05, 4.69) is 25.0 Å². The van der Waals surface area contributed by atoms with Crippen LogP contribution in [0.3, 0.4) is 0 Å². The van der Waals surface area contributed by atoms with Gasteiger partial charge in [0.2, 0.25) is 5.88 Å². The first-order valence-electron chi connectivity index (χ1n) is 11.0. The predicted molar refractivity (Wildman–Crippen MR) is 127 cm³/mol. The summed E-state index contributed by atoms with van der Waals surface area (Å²) in [5.74, 6) is 0.886. The summed E-state index contributed by atoms with van der Waals surface area (Å²) in [7, 11) is 4.49. The Bertz CT molecular complexity index is 1590. The highest BCUT2D eigenvalue weighted by Gasteiger charge is 2.34. The number of fused-ring (bicyclic) bond motifs is 1. The Hall–Kier alpha value is -4.55. The van der Waals surface area contributed by atoms with E-state index in [0.717, 1.165) is 17.1 Å². The maximum Gasteiger partial charge on any atom is 0.434 e. The number of benzene rings is 1. The fourth-order valence-corrected chi connectivity index (χ4v) is 3.92. The van der Waals surface area contributed by atoms with Crippen LogP contribution in [-0.4, -0.2) is 53.5 Å². The van der Waals surface area contributed by atoms with Gasteiger partial charge >= 0.3 is 12.2 Å². The minimum absolute atomic E-state index is 0.174. The SMILES string of the molecule is COc1nc(C)c(-c2ncc3cnn(Cc4ccc(-c5nc(C(F)(F)F)cn5C)cc4)c3n2)c(OC)n1. The lowest BCUT2D eigenvalue weighted by Gasteiger charge is -2.11. The van der Waals surface area contributed by atoms with E-state index >= 15 is 0 Å². The van der Waals surface area contributed by atoms with E-state index in [1.165, 1.54) is 25.8 Å². The van der Waals surface area contributed by atoms with Gasteiger partial charge in [-0.2, -0.15) is 28.2 Å². The molecule has 4 aromatic heterocycles. The van der Waals surface area contributed by atoms with E-state index in [0.29, 0.717) is 34.8 Å². The molecule has 0 fully saturated rings. The third-order valence-electron chi connectivity index (χ3n) is 5.72. The molecule has 0 N–H and O–H groups in total. The van der Waals surface area contributed by atoms with Gasteiger partial charge in [-0.25, -0.2) is 19.6 Å². The van der Waals surface area contributed by atoms with Gasteiger partial charge in [0.1, 0.15) is 11.4 Å². The number of halogens is 3. The standard InChI is InChI=1S/C24H21F3N8O2/c1-13-18(22(36-3)33-23(30-13)37-4)19-28-9-16-10-29-35(21(16)32-19)11-14-5-7-15(8-6-14)20-31-17(12-34(20)2)24(25,26)27/h5-10,12H,11H2,1-4H3. The van der Waals surface area contributed by atoms with Crippen molar-refractivity contribution < 1.29 is 22.6 Å². The summed E-state index contributed by atoms with van der Waals surface area (Å²) in [5.41, 5.74) is 2.23. The fourth-order valence-electron chi connectivity index (χ4n) is 3.92. The lowest BCUT2D eigenvalue weighted by atomic mass is 10.1. The molecule has 0 saturated carbocycles. The Morgan fingerprint density at radius 1 is 0.946 bits per heavy atom. The Balaban J connectivity index is 1.45. The molecule has 0 amide bonds. The first kappa shape index (κ1) is 24.2. The molecule has 5 rings (SSSR count). The second-order valence-corrected chi connectivity index (χ2v) is 8.21. The number of imidazole rings is 1. The number of alkyl halides is 3. The highest BCUT2D eigenvalue weighted by Crippen LogP contribution is 2.32. The molecule has 0 saturated heterocycles. The lowest BCUT2D eigenvalue weighted by molar-refractivity contribution is -0.140. The van der Waals surface area contributed by atoms with Crippen LogP contribution >= 0.6 is 0 Å². The van der Waals surface area contributed by atoms with Gasteiger partial charge in [0, 0.05) is 25.0 Å². The summed E-state index contributed by atoms with van der Waals surface area (Å²) in [6.45, 7) is 2.16. The topological polar surface area (TPSA) is 106 Å². The van der Waals surface area contributed by atoms with Crippen LogP contribution in [0.25, 0.3) is 33.8 Å². The Morgan fingerprint density at radius 3 is 2.35 bits per heavy atom. The number of aromatic nitrogens is 8. The van der Waals surface area contributed by atoms with Gasteiger partial charge in [0.05, 0.1) is 38.0 Å². The van der Waals surface area contributed by atoms with Crippen LogP contribution in [0.2, 0.25) is 0 Å². The van der Waals surface area contributed by atoms with E-state index in [9.17, 15) is 13.2 Å². The van der Waals surface area contributed by atoms with Crippen LogP contribution in [0.5, 0.6) is 11.9 Å². The molecule has 0 aliphatic rings. The zero-order valence-electron chi connectivity index (χ0n) is 20.3. The molecule has 0 aliphatic heterocycles. The van der Waals surface area contributed by atoms with Crippen LogP contribution in [-0.2, 0) is 19.8 Å². The highest BCUT2D eigenvalue weighted by molar-refractivity contribution is 5.77. The fraction of sp³-hybridized carbons (Fsp3) is 0.250. The third-order valence-corrected chi connectivity index (χ3v) is 5.72. The third kappa shape index (κ3) is 4.55. The minimum atomic E-state index is -4.50. The van der Waals surface area contributed by atoms with Crippen LogP contribution in [0, 0.1) is 6.92 Å². The molecule has 37 heavy (non-hydrogen) atoms. The first-order valence-corrected chi connectivity index (χ1v) is 11.0. The van der Waals surface area contributed by atoms with Crippen molar-refractivity contribution in [2.24, 2.45) is 7.05 Å². The Morgan fingerprint density at radius 2 is 1.70 bits per heavy atom. The molecule has 0 aliphatic carbocycles. The number of ether oxygens (including phenoxy) is 2. The summed E-state index contributed by atoms with van der Waals surface area (Å²) in [5, 5.41) is 5.17. The molecule has 4 heterocycles. The Labute approximate surface area is 208 Å². The van der Waals surface area contributed by atoms with Crippen LogP contribution < -0.4 is 9.47 Å². The zero-order chi connectivity index (χ0) is 26.3. The largest absolute Gasteiger partial charge is 0.480 e. The summed E-state index contributed by atoms with van der Waals surface area (Å²) in [4.78, 5) is 21.4. The van der Waals surface area contributed by atoms with Crippen molar-refractivity contribution in [3.8, 4) is 34.7 Å². The average molecular weight is 510 g/mol. The summed E-state index contributed by atoms with van der Waals surface area (Å²) >= 11 is 0. The van der Waals surface area contributed by atoms with E-state index in [1.54, 1.807) is 36.1 Å². The molecular formula is C24H21F3N8O2. The second kappa shape index (κ2) is 9.15. The molecule has 5 aromatic rings. The zero-order valence-corrected chi connectivity index (χ0v) is 20.3. The normalized spacial score (nSPS) is 11.8. The lowest BCUT2D eigenvalue weighted by Crippen LogP contribution is -2.06. The highest BCUT2D eigenvalue weighted by atomic mass is 19.4. The molecule has 0 atom stereocenters. The van der Waals surface area contributed by atoms with Crippen molar-refractivity contribution in [3.05, 3.63) is 59.8 Å². The van der Waals surface area contributed by atoms with E-state index < -0.39 is 11.9 Å². The van der Waals surface area contributed by atoms with Crippen molar-refractivity contribution in [3.63, 3.8) is 0 Å². The molecule has 10 nitrogen and oxygen atoms in total. The first-order chi connectivity index (χ1) is 17.7. The van der Waals surface area contributed by atoms with Crippen molar-refractivity contribution in [2.45, 2.75) is 19.6 Å². The predicted octanol–water partition coefficient (Wildman–Crippen LogP) is 4.08. The smallest absolute Gasteiger partial charge is 0.434 e. The number of hydrogen-bond donors (Lipinski definition) is 0. The molecule has 1 aromatic carbocycles. The maximum absolute atomic E-state index is 13.0. The Kier molecular flexibility index (Phi) is 5.97. The summed E-state index contributed by atoms with van der Waals surface area (Å²) in [6, 6.07) is 7.27. The number of methoxy groups -OCH3 is 2. The van der Waals surface area contributed by atoms with Crippen molar-refractivity contribution in [2.75, 3.05) is 14.2 Å². The molecule has 13 heteroatoms. The molecule has 190 valence electrons. The van der Waals surface area contributed by atoms with Gasteiger partial charge < -0.3 is 14.0 Å². The minimum Gasteiger partial charge on any atom is -0.480 e. The van der Waals surface area contributed by atoms with Gasteiger partial charge in [-0.15, -0.1) is 0 Å². The van der Waals surface area contributed by atoms with Crippen LogP contribution in [0.1, 0.15) is 17.0 Å². The van der Waals surface area contributed by atoms with Crippen LogP contribution in [0.4, 0.5) is 13.2 Å². The molecule has 0 radical (unpaired) electrons. The molecule has 0 bridgehead atoms. The number of aryl methyl sites for hydroxylation is 2. The van der Waals surface area contributed by atoms with Crippen LogP contribution in [0.15, 0.2) is 42.9 Å². The molecule has 0 spiro atoms. The molecule has 0 unspecified atom stereocenters. The quantitative estimate of drug-likeness (QED) is 0.337. The van der Waals surface area contributed by atoms with Gasteiger partial charge in [0.15, 0.2) is 17.2 Å². The van der Waals surface area contributed by atoms with E-state index in [-0.39, 0.29) is 17.7 Å². The van der Waals surface area contributed by atoms with E-state index in [4.69, 9.17) is 14.5 Å². The van der Waals surface area contributed by atoms with Gasteiger partial charge in [0.25, 0.3) is 0 Å². The maximum atomic E-state index is 13.0. The van der Waals surface area contributed by atoms with Gasteiger partial charge in [-0.05, 0) is 12.5 Å². The summed E-state index contributed by atoms with van der Waals surface area (Å²) in [6.07, 6.45) is -0.208.